The maximum Gasteiger partial charge on any atom is 0.297 e. The van der Waals surface area contributed by atoms with Crippen molar-refractivity contribution in [3.8, 4) is 23.4 Å². The van der Waals surface area contributed by atoms with E-state index in [4.69, 9.17) is 21.6 Å². The molecule has 0 fully saturated rings. The van der Waals surface area contributed by atoms with Crippen LogP contribution in [0.25, 0.3) is 37.7 Å². The molecule has 7 N–H and O–H groups in total. The molecule has 3 heterocycles. The zero-order chi connectivity index (χ0) is 57.0. The van der Waals surface area contributed by atoms with E-state index in [1.807, 2.05) is 6.07 Å². The maximum atomic E-state index is 13.3. The van der Waals surface area contributed by atoms with Crippen LogP contribution < -0.4 is 9.64 Å². The second-order valence-electron chi connectivity index (χ2n) is 16.1. The number of fused-ring (bicyclic) bond motifs is 5. The minimum absolute atomic E-state index is 0.0138. The fraction of sp³-hybridized carbons (Fsp3) is 0.186. The first-order valence-corrected chi connectivity index (χ1v) is 29.2. The Morgan fingerprint density at radius 2 is 1.52 bits per heavy atom. The molecule has 0 aliphatic carbocycles. The van der Waals surface area contributed by atoms with Gasteiger partial charge in [0.2, 0.25) is 11.0 Å². The van der Waals surface area contributed by atoms with E-state index in [2.05, 4.69) is 59.4 Å². The van der Waals surface area contributed by atoms with Gasteiger partial charge in [0, 0.05) is 58.3 Å². The van der Waals surface area contributed by atoms with Gasteiger partial charge in [0.15, 0.2) is 17.1 Å². The number of ether oxygens (including phenoxy) is 1. The summed E-state index contributed by atoms with van der Waals surface area (Å²) in [6.45, 7) is 1.41. The smallest absolute Gasteiger partial charge is 0.297 e. The first-order valence-electron chi connectivity index (χ1n) is 21.9. The minimum Gasteiger partial charge on any atom is -0.505 e. The molecule has 0 aliphatic heterocycles. The fourth-order valence-electron chi connectivity index (χ4n) is 7.95. The number of thiazole rings is 1. The lowest BCUT2D eigenvalue weighted by molar-refractivity contribution is -0.432. The van der Waals surface area contributed by atoms with Crippen molar-refractivity contribution in [2.75, 3.05) is 36.6 Å². The molecule has 0 saturated carbocycles. The van der Waals surface area contributed by atoms with Crippen molar-refractivity contribution in [3.05, 3.63) is 82.9 Å². The summed E-state index contributed by atoms with van der Waals surface area (Å²) in [5.41, 5.74) is -0.356. The number of phenolic OH excluding ortho intramolecular Hbond substituents is 1. The van der Waals surface area contributed by atoms with Gasteiger partial charge in [-0.1, -0.05) is 45.1 Å². The van der Waals surface area contributed by atoms with Crippen molar-refractivity contribution < 1.29 is 83.1 Å². The van der Waals surface area contributed by atoms with Gasteiger partial charge in [-0.05, 0) is 68.3 Å². The van der Waals surface area contributed by atoms with E-state index < -0.39 is 74.3 Å². The van der Waals surface area contributed by atoms with Crippen LogP contribution in [-0.4, -0.2) is 106 Å². The molecule has 0 aliphatic rings. The number of benzene rings is 5. The van der Waals surface area contributed by atoms with Gasteiger partial charge in [0.1, 0.15) is 55.4 Å². The highest BCUT2D eigenvalue weighted by molar-refractivity contribution is 7.95. The average Bonchev–Trinajstić information content (AvgIpc) is 4.15. The quantitative estimate of drug-likeness (QED) is 0.00781. The van der Waals surface area contributed by atoms with Gasteiger partial charge in [0.05, 0.1) is 51.2 Å². The Labute approximate surface area is 462 Å². The van der Waals surface area contributed by atoms with Gasteiger partial charge in [-0.15, -0.1) is 39.4 Å². The lowest BCUT2D eigenvalue weighted by atomic mass is 10.1. The highest BCUT2D eigenvalue weighted by Crippen LogP contribution is 2.49. The number of aromatic hydroxyl groups is 2. The standard InChI is InChI=1S/C43H36ClN11O18S6/c1-21-25(20-45)41-46-26-7-3-4-8-30(26)55(41)42(57)36(21)51-48-27-10-9-23-24(40(27)79(66,67)68)17-34(76-73-71-59)38(39(23)56)52-49-28-19-32(69-2)29(18-31(28)54(11-5-13-74-72-70-58)12-6-14-77(60,61)62)50-53-43-47-37-33(75-43)15-22(44)16-35(37)78(63,64)65/h3-4,7-10,15-19,56-59H,5-6,11-14H2,1-2H3,(H,60,61,62)(H,63,64,65)(H,66,67,68). The number of halogens is 1. The van der Waals surface area contributed by atoms with Crippen molar-refractivity contribution >= 4 is 154 Å². The monoisotopic (exact) mass is 1220 g/mol. The fourth-order valence-corrected chi connectivity index (χ4v) is 12.0. The van der Waals surface area contributed by atoms with Gasteiger partial charge in [0.25, 0.3) is 30.4 Å². The van der Waals surface area contributed by atoms with Crippen LogP contribution >= 0.6 is 47.0 Å². The van der Waals surface area contributed by atoms with Crippen molar-refractivity contribution in [2.24, 2.45) is 30.7 Å². The number of pyridine rings is 1. The molecule has 0 saturated heterocycles. The molecule has 0 amide bonds. The molecule has 0 spiro atoms. The van der Waals surface area contributed by atoms with Crippen LogP contribution in [0, 0.1) is 18.3 Å². The molecule has 0 radical (unpaired) electrons. The second kappa shape index (κ2) is 24.3. The molecule has 3 aromatic heterocycles. The first-order chi connectivity index (χ1) is 37.6. The zero-order valence-electron chi connectivity index (χ0n) is 40.0. The maximum absolute atomic E-state index is 13.3. The molecule has 0 atom stereocenters. The van der Waals surface area contributed by atoms with Crippen molar-refractivity contribution in [2.45, 2.75) is 34.5 Å². The predicted octanol–water partition coefficient (Wildman–Crippen LogP) is 11.2. The topological polar surface area (TPSA) is 422 Å². The number of imidazole rings is 1. The van der Waals surface area contributed by atoms with Gasteiger partial charge in [-0.3, -0.25) is 18.1 Å². The molecule has 5 aromatic carbocycles. The largest absolute Gasteiger partial charge is 0.505 e. The summed E-state index contributed by atoms with van der Waals surface area (Å²) >= 11 is 7.87. The summed E-state index contributed by atoms with van der Waals surface area (Å²) in [4.78, 5) is 8.41. The van der Waals surface area contributed by atoms with E-state index in [1.165, 1.54) is 42.7 Å². The number of hydrogen-bond donors (Lipinski definition) is 7. The minimum atomic E-state index is -5.31. The number of anilines is 1. The normalized spacial score (nSPS) is 12.6. The van der Waals surface area contributed by atoms with Gasteiger partial charge in [-0.2, -0.15) is 30.5 Å². The lowest BCUT2D eigenvalue weighted by Crippen LogP contribution is -2.27. The van der Waals surface area contributed by atoms with Gasteiger partial charge in [-0.25, -0.2) is 20.5 Å². The Hall–Kier alpha value is -6.83. The summed E-state index contributed by atoms with van der Waals surface area (Å²) in [6.07, 6.45) is 0.0674. The van der Waals surface area contributed by atoms with Crippen molar-refractivity contribution in [1.29, 1.82) is 5.26 Å². The van der Waals surface area contributed by atoms with Crippen LogP contribution in [-0.2, 0) is 49.1 Å². The highest BCUT2D eigenvalue weighted by Gasteiger charge is 2.27. The highest BCUT2D eigenvalue weighted by atomic mass is 35.5. The molecule has 8 aromatic rings. The number of nitriles is 1. The average molecular weight is 1220 g/mol. The van der Waals surface area contributed by atoms with E-state index in [0.717, 1.165) is 29.5 Å². The van der Waals surface area contributed by atoms with E-state index in [9.17, 15) is 59.6 Å². The lowest BCUT2D eigenvalue weighted by Gasteiger charge is -2.26. The zero-order valence-corrected chi connectivity index (χ0v) is 45.6. The van der Waals surface area contributed by atoms with Gasteiger partial charge < -0.3 is 19.8 Å². The van der Waals surface area contributed by atoms with Gasteiger partial charge >= 0.3 is 0 Å². The number of nitrogens with zero attached hydrogens (tertiary/aromatic N) is 11. The molecular weight excluding hydrogens is 1190 g/mol. The van der Waals surface area contributed by atoms with Crippen molar-refractivity contribution in [3.63, 3.8) is 0 Å². The SMILES string of the molecule is COc1cc(N=Nc2c(SOOO)cc3c(S(=O)(=O)O)c(N=Nc4c(C)c(C#N)c5nc6ccccc6n5c4O)ccc3c2O)c(N(CCCSOOO)CCCS(=O)(=O)O)cc1N=Nc1nc2c(S(=O)(=O)O)cc(Cl)cc2s1. The van der Waals surface area contributed by atoms with Crippen LogP contribution in [0.15, 0.2) is 112 Å². The number of hydrogen-bond acceptors (Lipinski definition) is 28. The van der Waals surface area contributed by atoms with Crippen LogP contribution in [0.2, 0.25) is 5.02 Å². The second-order valence-corrected chi connectivity index (χ2v) is 23.4. The van der Waals surface area contributed by atoms with Crippen LogP contribution in [0.4, 0.5) is 39.3 Å². The Balaban J connectivity index is 1.27. The van der Waals surface area contributed by atoms with E-state index in [1.54, 1.807) is 29.2 Å². The van der Waals surface area contributed by atoms with Crippen molar-refractivity contribution in [1.82, 2.24) is 14.4 Å². The molecule has 36 heteroatoms. The first kappa shape index (κ1) is 58.3. The molecular formula is C43H36ClN11O18S6. The molecule has 79 heavy (non-hydrogen) atoms. The summed E-state index contributed by atoms with van der Waals surface area (Å²) in [7, 11) is -13.3. The Bertz CT molecular complexity index is 4200. The third-order valence-electron chi connectivity index (χ3n) is 11.3. The Kier molecular flexibility index (Phi) is 17.9. The number of aromatic nitrogens is 3. The summed E-state index contributed by atoms with van der Waals surface area (Å²) in [5, 5.41) is 83.3. The number of methoxy groups -OCH3 is 1. The summed E-state index contributed by atoms with van der Waals surface area (Å²) in [5.74, 6) is -1.88. The third-order valence-corrected chi connectivity index (χ3v) is 16.2. The van der Waals surface area contributed by atoms with Crippen LogP contribution in [0.1, 0.15) is 24.0 Å². The third kappa shape index (κ3) is 12.9. The Morgan fingerprint density at radius 1 is 0.810 bits per heavy atom. The Morgan fingerprint density at radius 3 is 2.22 bits per heavy atom. The summed E-state index contributed by atoms with van der Waals surface area (Å²) in [6, 6.07) is 17.1. The van der Waals surface area contributed by atoms with Crippen LogP contribution in [0.3, 0.4) is 0 Å². The van der Waals surface area contributed by atoms with Crippen LogP contribution in [0.5, 0.6) is 17.4 Å². The van der Waals surface area contributed by atoms with E-state index >= 15 is 0 Å². The molecule has 414 valence electrons. The molecule has 8 rings (SSSR count). The molecule has 0 unspecified atom stereocenters. The van der Waals surface area contributed by atoms with E-state index in [-0.39, 0.29) is 120 Å². The number of phenols is 1. The molecule has 0 bridgehead atoms. The van der Waals surface area contributed by atoms with E-state index in [0.29, 0.717) is 23.1 Å². The number of azo groups is 3. The number of para-hydroxylation sites is 2. The number of rotatable bonds is 23. The summed E-state index contributed by atoms with van der Waals surface area (Å²) < 4.78 is 121. The predicted molar refractivity (Wildman–Crippen MR) is 285 cm³/mol. The molecule has 29 nitrogen and oxygen atoms in total.